The maximum absolute atomic E-state index is 14.4. The normalized spacial score (nSPS) is 12.3. The third-order valence-corrected chi connectivity index (χ3v) is 6.95. The van der Waals surface area contributed by atoms with Gasteiger partial charge in [0.2, 0.25) is 0 Å². The zero-order valence-electron chi connectivity index (χ0n) is 14.9. The molecule has 4 aromatic rings. The molecule has 2 aromatic heterocycles. The molecule has 4 nitrogen and oxygen atoms in total. The Morgan fingerprint density at radius 1 is 1.18 bits per heavy atom. The van der Waals surface area contributed by atoms with Crippen molar-refractivity contribution in [3.8, 4) is 0 Å². The number of aromatic nitrogens is 1. The van der Waals surface area contributed by atoms with Gasteiger partial charge in [-0.3, -0.25) is 4.79 Å². The molecule has 0 aliphatic heterocycles. The molecule has 2 heterocycles. The average molecular weight is 435 g/mol. The summed E-state index contributed by atoms with van der Waals surface area (Å²) in [7, 11) is 0. The van der Waals surface area contributed by atoms with Crippen molar-refractivity contribution in [3.05, 3.63) is 63.0 Å². The Hall–Kier alpha value is -2.06. The van der Waals surface area contributed by atoms with Crippen molar-refractivity contribution >= 4 is 60.5 Å². The maximum atomic E-state index is 14.4. The van der Waals surface area contributed by atoms with E-state index in [1.807, 2.05) is 37.3 Å². The number of nitrogens with zero attached hydrogens (tertiary/aromatic N) is 2. The van der Waals surface area contributed by atoms with Gasteiger partial charge < -0.3 is 9.30 Å². The van der Waals surface area contributed by atoms with Crippen molar-refractivity contribution in [3.63, 3.8) is 0 Å². The molecule has 0 fully saturated rings. The van der Waals surface area contributed by atoms with Crippen molar-refractivity contribution in [2.75, 3.05) is 13.2 Å². The molecule has 2 aromatic carbocycles. The van der Waals surface area contributed by atoms with Gasteiger partial charge in [-0.25, -0.2) is 4.39 Å². The van der Waals surface area contributed by atoms with Crippen LogP contribution in [0.1, 0.15) is 16.6 Å². The molecule has 0 bridgehead atoms. The van der Waals surface area contributed by atoms with E-state index in [1.54, 1.807) is 10.6 Å². The highest BCUT2D eigenvalue weighted by molar-refractivity contribution is 7.21. The lowest BCUT2D eigenvalue weighted by Crippen LogP contribution is -2.20. The highest BCUT2D eigenvalue weighted by Crippen LogP contribution is 2.35. The van der Waals surface area contributed by atoms with E-state index >= 15 is 0 Å². The molecule has 0 saturated heterocycles. The zero-order chi connectivity index (χ0) is 19.7. The molecule has 1 amide bonds. The number of carbonyl (C=O) groups is 1. The summed E-state index contributed by atoms with van der Waals surface area (Å²) >= 11 is 8.99. The predicted molar refractivity (Wildman–Crippen MR) is 113 cm³/mol. The summed E-state index contributed by atoms with van der Waals surface area (Å²) in [4.78, 5) is 18.0. The van der Waals surface area contributed by atoms with Crippen LogP contribution in [-0.2, 0) is 11.3 Å². The first-order chi connectivity index (χ1) is 13.6. The van der Waals surface area contributed by atoms with Crippen LogP contribution >= 0.6 is 34.3 Å². The number of thiazole rings is 1. The van der Waals surface area contributed by atoms with Gasteiger partial charge in [-0.2, -0.15) is 4.99 Å². The molecule has 8 heteroatoms. The number of rotatable bonds is 5. The molecular weight excluding hydrogens is 419 g/mol. The van der Waals surface area contributed by atoms with E-state index in [-0.39, 0.29) is 5.82 Å². The van der Waals surface area contributed by atoms with E-state index in [0.717, 1.165) is 14.8 Å². The van der Waals surface area contributed by atoms with E-state index in [9.17, 15) is 9.18 Å². The van der Waals surface area contributed by atoms with Gasteiger partial charge in [0.15, 0.2) is 4.80 Å². The summed E-state index contributed by atoms with van der Waals surface area (Å²) in [5.41, 5.74) is 0.432. The molecule has 0 atom stereocenters. The minimum absolute atomic E-state index is 0.348. The molecule has 0 unspecified atom stereocenters. The molecular formula is C20H16ClFN2O2S2. The second kappa shape index (κ2) is 8.13. The summed E-state index contributed by atoms with van der Waals surface area (Å²) < 4.78 is 23.2. The van der Waals surface area contributed by atoms with Crippen molar-refractivity contribution in [2.24, 2.45) is 4.99 Å². The second-order valence-electron chi connectivity index (χ2n) is 5.98. The zero-order valence-corrected chi connectivity index (χ0v) is 17.3. The van der Waals surface area contributed by atoms with E-state index < -0.39 is 5.91 Å². The number of benzene rings is 2. The van der Waals surface area contributed by atoms with E-state index in [1.165, 1.54) is 28.7 Å². The van der Waals surface area contributed by atoms with Crippen LogP contribution in [0, 0.1) is 5.82 Å². The first kappa shape index (κ1) is 19.3. The molecule has 0 N–H and O–H groups in total. The molecule has 0 aliphatic rings. The minimum Gasteiger partial charge on any atom is -0.380 e. The first-order valence-electron chi connectivity index (χ1n) is 8.72. The topological polar surface area (TPSA) is 43.6 Å². The summed E-state index contributed by atoms with van der Waals surface area (Å²) in [6.45, 7) is 3.27. The Balaban J connectivity index is 1.83. The Bertz CT molecular complexity index is 1240. The predicted octanol–water partition coefficient (Wildman–Crippen LogP) is 5.49. The average Bonchev–Trinajstić information content (AvgIpc) is 3.21. The van der Waals surface area contributed by atoms with Gasteiger partial charge in [-0.1, -0.05) is 47.2 Å². The number of hydrogen-bond acceptors (Lipinski definition) is 4. The van der Waals surface area contributed by atoms with Crippen molar-refractivity contribution < 1.29 is 13.9 Å². The van der Waals surface area contributed by atoms with E-state index in [4.69, 9.17) is 16.3 Å². The number of hydrogen-bond donors (Lipinski definition) is 0. The Kier molecular flexibility index (Phi) is 5.59. The molecule has 28 heavy (non-hydrogen) atoms. The van der Waals surface area contributed by atoms with Gasteiger partial charge >= 0.3 is 0 Å². The lowest BCUT2D eigenvalue weighted by molar-refractivity contribution is 0.100. The van der Waals surface area contributed by atoms with Crippen LogP contribution in [0.4, 0.5) is 4.39 Å². The van der Waals surface area contributed by atoms with Crippen LogP contribution in [0.5, 0.6) is 0 Å². The lowest BCUT2D eigenvalue weighted by Gasteiger charge is -2.05. The number of fused-ring (bicyclic) bond motifs is 2. The molecule has 0 aliphatic carbocycles. The SMILES string of the molecule is CCOCCn1c(=NC(=O)c2sc3ccccc3c2Cl)sc2cccc(F)c21. The summed E-state index contributed by atoms with van der Waals surface area (Å²) in [5.74, 6) is -0.776. The standard InChI is InChI=1S/C20H16ClFN2O2S2/c1-2-26-11-10-24-17-13(22)7-5-9-15(17)28-20(24)23-19(25)18-16(21)12-6-3-4-8-14(12)27-18/h3-9H,2,10-11H2,1H3. The fourth-order valence-corrected chi connectivity index (χ4v) is 5.43. The number of carbonyl (C=O) groups excluding carboxylic acids is 1. The largest absolute Gasteiger partial charge is 0.380 e. The fraction of sp³-hybridized carbons (Fsp3) is 0.200. The first-order valence-corrected chi connectivity index (χ1v) is 10.7. The monoisotopic (exact) mass is 434 g/mol. The third kappa shape index (κ3) is 3.51. The third-order valence-electron chi connectivity index (χ3n) is 4.24. The molecule has 4 rings (SSSR count). The lowest BCUT2D eigenvalue weighted by atomic mass is 10.2. The number of ether oxygens (including phenoxy) is 1. The second-order valence-corrected chi connectivity index (χ2v) is 8.42. The maximum Gasteiger partial charge on any atom is 0.291 e. The quantitative estimate of drug-likeness (QED) is 0.390. The molecule has 0 radical (unpaired) electrons. The van der Waals surface area contributed by atoms with Crippen LogP contribution in [0.2, 0.25) is 5.02 Å². The smallest absolute Gasteiger partial charge is 0.291 e. The number of thiophene rings is 1. The van der Waals surface area contributed by atoms with Crippen molar-refractivity contribution in [1.82, 2.24) is 4.57 Å². The van der Waals surface area contributed by atoms with Gasteiger partial charge in [-0.05, 0) is 25.1 Å². The van der Waals surface area contributed by atoms with Crippen LogP contribution in [0.3, 0.4) is 0 Å². The van der Waals surface area contributed by atoms with E-state index in [2.05, 4.69) is 4.99 Å². The summed E-state index contributed by atoms with van der Waals surface area (Å²) in [6, 6.07) is 12.4. The van der Waals surface area contributed by atoms with Crippen LogP contribution < -0.4 is 4.80 Å². The number of amides is 1. The molecule has 0 saturated carbocycles. The number of halogens is 2. The summed E-state index contributed by atoms with van der Waals surface area (Å²) in [6.07, 6.45) is 0. The highest BCUT2D eigenvalue weighted by Gasteiger charge is 2.18. The van der Waals surface area contributed by atoms with Gasteiger partial charge in [0, 0.05) is 23.2 Å². The molecule has 0 spiro atoms. The molecule has 144 valence electrons. The fourth-order valence-electron chi connectivity index (χ4n) is 2.97. The Labute approximate surface area is 173 Å². The highest BCUT2D eigenvalue weighted by atomic mass is 35.5. The number of para-hydroxylation sites is 1. The van der Waals surface area contributed by atoms with Crippen molar-refractivity contribution in [2.45, 2.75) is 13.5 Å². The van der Waals surface area contributed by atoms with Crippen LogP contribution in [-0.4, -0.2) is 23.7 Å². The van der Waals surface area contributed by atoms with Gasteiger partial charge in [-0.15, -0.1) is 11.3 Å². The summed E-state index contributed by atoms with van der Waals surface area (Å²) in [5, 5.41) is 1.24. The van der Waals surface area contributed by atoms with Crippen LogP contribution in [0.25, 0.3) is 20.3 Å². The Morgan fingerprint density at radius 3 is 2.75 bits per heavy atom. The van der Waals surface area contributed by atoms with Gasteiger partial charge in [0.05, 0.1) is 21.8 Å². The van der Waals surface area contributed by atoms with Gasteiger partial charge in [0.1, 0.15) is 10.7 Å². The Morgan fingerprint density at radius 2 is 1.96 bits per heavy atom. The van der Waals surface area contributed by atoms with Crippen LogP contribution in [0.15, 0.2) is 47.5 Å². The van der Waals surface area contributed by atoms with Crippen molar-refractivity contribution in [1.29, 1.82) is 0 Å². The minimum atomic E-state index is -0.427. The van der Waals surface area contributed by atoms with Gasteiger partial charge in [0.25, 0.3) is 5.91 Å². The van der Waals surface area contributed by atoms with E-state index in [0.29, 0.717) is 40.0 Å².